The fourth-order valence-corrected chi connectivity index (χ4v) is 1.68. The van der Waals surface area contributed by atoms with Crippen LogP contribution in [-0.2, 0) is 23.1 Å². The van der Waals surface area contributed by atoms with Crippen molar-refractivity contribution in [1.82, 2.24) is 0 Å². The molecule has 0 aromatic heterocycles. The smallest absolute Gasteiger partial charge is 0.462 e. The summed E-state index contributed by atoms with van der Waals surface area (Å²) in [7, 11) is -3.96. The van der Waals surface area contributed by atoms with Gasteiger partial charge in [-0.3, -0.25) is 9.05 Å². The second kappa shape index (κ2) is 9.28. The molecule has 0 rings (SSSR count). The molecule has 18 heavy (non-hydrogen) atoms. The van der Waals surface area contributed by atoms with Crippen LogP contribution in [0, 0.1) is 0 Å². The van der Waals surface area contributed by atoms with Crippen LogP contribution in [0.2, 0.25) is 0 Å². The number of carbonyl (C=O) groups is 1. The maximum absolute atomic E-state index is 11.3. The van der Waals surface area contributed by atoms with Crippen LogP contribution in [0.15, 0.2) is 12.2 Å². The number of hydrogen-bond acceptors (Lipinski definition) is 5. The first kappa shape index (κ1) is 17.3. The molecule has 0 radical (unpaired) electrons. The quantitative estimate of drug-likeness (QED) is 0.286. The molecule has 0 heterocycles. The summed E-state index contributed by atoms with van der Waals surface area (Å²) in [6.45, 7) is 7.21. The molecular weight excluding hydrogens is 259 g/mol. The van der Waals surface area contributed by atoms with E-state index < -0.39 is 13.8 Å². The van der Waals surface area contributed by atoms with Crippen molar-refractivity contribution in [2.24, 2.45) is 0 Å². The lowest BCUT2D eigenvalue weighted by atomic mass is 10.4. The molecule has 0 aliphatic heterocycles. The number of phosphoric ester groups is 1. The third kappa shape index (κ3) is 9.36. The minimum Gasteiger partial charge on any atom is -0.462 e. The van der Waals surface area contributed by atoms with Crippen LogP contribution < -0.4 is 0 Å². The molecule has 7 heteroatoms. The highest BCUT2D eigenvalue weighted by atomic mass is 31.2. The maximum atomic E-state index is 11.3. The van der Waals surface area contributed by atoms with E-state index in [1.54, 1.807) is 6.92 Å². The van der Waals surface area contributed by atoms with Crippen molar-refractivity contribution >= 4 is 13.8 Å². The second-order valence-electron chi connectivity index (χ2n) is 3.76. The fraction of sp³-hybridized carbons (Fsp3) is 0.727. The molecule has 0 aliphatic rings. The zero-order chi connectivity index (χ0) is 14.0. The molecule has 0 aromatic carbocycles. The van der Waals surface area contributed by atoms with Crippen LogP contribution >= 0.6 is 7.82 Å². The van der Waals surface area contributed by atoms with Gasteiger partial charge in [-0.25, -0.2) is 9.36 Å². The monoisotopic (exact) mass is 280 g/mol. The largest absolute Gasteiger partial charge is 0.472 e. The first-order valence-corrected chi connectivity index (χ1v) is 7.33. The Morgan fingerprint density at radius 1 is 1.22 bits per heavy atom. The Morgan fingerprint density at radius 2 is 1.78 bits per heavy atom. The first-order valence-electron chi connectivity index (χ1n) is 5.83. The molecule has 0 amide bonds. The number of hydrogen-bond donors (Lipinski definition) is 1. The molecular formula is C11H21O6P. The van der Waals surface area contributed by atoms with E-state index in [2.05, 4.69) is 6.58 Å². The summed E-state index contributed by atoms with van der Waals surface area (Å²) in [5.74, 6) is -0.485. The SMILES string of the molecule is C=C(C)C(=O)OCCCOP(=O)(O)OCCCC. The second-order valence-corrected chi connectivity index (χ2v) is 5.21. The van der Waals surface area contributed by atoms with Gasteiger partial charge in [0.1, 0.15) is 0 Å². The number of ether oxygens (including phenoxy) is 1. The zero-order valence-electron chi connectivity index (χ0n) is 10.9. The lowest BCUT2D eigenvalue weighted by molar-refractivity contribution is -0.139. The molecule has 0 saturated carbocycles. The van der Waals surface area contributed by atoms with E-state index in [0.717, 1.165) is 6.42 Å². The molecule has 106 valence electrons. The lowest BCUT2D eigenvalue weighted by Gasteiger charge is -2.11. The Kier molecular flexibility index (Phi) is 8.93. The van der Waals surface area contributed by atoms with Crippen molar-refractivity contribution in [3.05, 3.63) is 12.2 Å². The summed E-state index contributed by atoms with van der Waals surface area (Å²) >= 11 is 0. The van der Waals surface area contributed by atoms with E-state index in [1.165, 1.54) is 0 Å². The van der Waals surface area contributed by atoms with Gasteiger partial charge in [0, 0.05) is 12.0 Å². The summed E-state index contributed by atoms with van der Waals surface area (Å²) in [6, 6.07) is 0. The Morgan fingerprint density at radius 3 is 2.28 bits per heavy atom. The fourth-order valence-electron chi connectivity index (χ4n) is 0.888. The van der Waals surface area contributed by atoms with Crippen LogP contribution in [-0.4, -0.2) is 30.7 Å². The molecule has 0 saturated heterocycles. The normalized spacial score (nSPS) is 13.9. The van der Waals surface area contributed by atoms with Gasteiger partial charge in [0.15, 0.2) is 0 Å². The van der Waals surface area contributed by atoms with Crippen molar-refractivity contribution in [1.29, 1.82) is 0 Å². The minimum absolute atomic E-state index is 0.0105. The third-order valence-electron chi connectivity index (χ3n) is 1.88. The van der Waals surface area contributed by atoms with Crippen molar-refractivity contribution in [3.63, 3.8) is 0 Å². The summed E-state index contributed by atoms with van der Waals surface area (Å²) in [5.41, 5.74) is 0.312. The van der Waals surface area contributed by atoms with Gasteiger partial charge < -0.3 is 9.63 Å². The van der Waals surface area contributed by atoms with Gasteiger partial charge in [0.05, 0.1) is 19.8 Å². The number of rotatable bonds is 10. The highest BCUT2D eigenvalue weighted by Gasteiger charge is 2.19. The Labute approximate surface area is 108 Å². The number of esters is 1. The summed E-state index contributed by atoms with van der Waals surface area (Å²) < 4.78 is 25.5. The van der Waals surface area contributed by atoms with Crippen molar-refractivity contribution < 1.29 is 28.0 Å². The molecule has 1 atom stereocenters. The van der Waals surface area contributed by atoms with Crippen molar-refractivity contribution in [2.75, 3.05) is 19.8 Å². The molecule has 0 aromatic rings. The summed E-state index contributed by atoms with van der Waals surface area (Å²) in [6.07, 6.45) is 1.89. The Bertz CT molecular complexity index is 315. The topological polar surface area (TPSA) is 82.1 Å². The van der Waals surface area contributed by atoms with E-state index in [-0.39, 0.29) is 19.8 Å². The van der Waals surface area contributed by atoms with Gasteiger partial charge in [-0.2, -0.15) is 0 Å². The van der Waals surface area contributed by atoms with Gasteiger partial charge in [0.25, 0.3) is 0 Å². The Hall–Kier alpha value is -0.680. The molecule has 0 aliphatic carbocycles. The van der Waals surface area contributed by atoms with Crippen LogP contribution in [0.5, 0.6) is 0 Å². The number of unbranched alkanes of at least 4 members (excludes halogenated alkanes) is 1. The summed E-state index contributed by atoms with van der Waals surface area (Å²) in [4.78, 5) is 20.2. The Balaban J connectivity index is 3.61. The van der Waals surface area contributed by atoms with Gasteiger partial charge in [-0.15, -0.1) is 0 Å². The molecule has 6 nitrogen and oxygen atoms in total. The molecule has 0 fully saturated rings. The molecule has 0 spiro atoms. The van der Waals surface area contributed by atoms with E-state index in [0.29, 0.717) is 18.4 Å². The number of phosphoric acid groups is 1. The number of carbonyl (C=O) groups excluding carboxylic acids is 1. The van der Waals surface area contributed by atoms with Crippen LogP contribution in [0.1, 0.15) is 33.1 Å². The van der Waals surface area contributed by atoms with E-state index in [9.17, 15) is 14.3 Å². The van der Waals surface area contributed by atoms with E-state index in [4.69, 9.17) is 13.8 Å². The highest BCUT2D eigenvalue weighted by Crippen LogP contribution is 2.43. The first-order chi connectivity index (χ1) is 8.39. The van der Waals surface area contributed by atoms with Gasteiger partial charge >= 0.3 is 13.8 Å². The molecule has 1 unspecified atom stereocenters. The van der Waals surface area contributed by atoms with Crippen LogP contribution in [0.4, 0.5) is 0 Å². The minimum atomic E-state index is -3.96. The predicted molar refractivity (Wildman–Crippen MR) is 67.0 cm³/mol. The van der Waals surface area contributed by atoms with Gasteiger partial charge in [0.2, 0.25) is 0 Å². The van der Waals surface area contributed by atoms with Crippen LogP contribution in [0.25, 0.3) is 0 Å². The van der Waals surface area contributed by atoms with Crippen molar-refractivity contribution in [3.8, 4) is 0 Å². The average Bonchev–Trinajstić information content (AvgIpc) is 2.28. The third-order valence-corrected chi connectivity index (χ3v) is 2.89. The molecule has 1 N–H and O–H groups in total. The van der Waals surface area contributed by atoms with E-state index in [1.807, 2.05) is 6.92 Å². The van der Waals surface area contributed by atoms with Crippen LogP contribution in [0.3, 0.4) is 0 Å². The maximum Gasteiger partial charge on any atom is 0.472 e. The average molecular weight is 280 g/mol. The highest BCUT2D eigenvalue weighted by molar-refractivity contribution is 7.47. The zero-order valence-corrected chi connectivity index (χ0v) is 11.8. The predicted octanol–water partition coefficient (Wildman–Crippen LogP) is 2.43. The summed E-state index contributed by atoms with van der Waals surface area (Å²) in [5, 5.41) is 0. The van der Waals surface area contributed by atoms with Gasteiger partial charge in [-0.1, -0.05) is 19.9 Å². The standard InChI is InChI=1S/C11H21O6P/c1-4-5-8-16-18(13,14)17-9-6-7-15-11(12)10(2)3/h2,4-9H2,1,3H3,(H,13,14). The van der Waals surface area contributed by atoms with E-state index >= 15 is 0 Å². The lowest BCUT2D eigenvalue weighted by Crippen LogP contribution is -2.08. The molecule has 0 bridgehead atoms. The van der Waals surface area contributed by atoms with Gasteiger partial charge in [-0.05, 0) is 13.3 Å². The van der Waals surface area contributed by atoms with Crippen molar-refractivity contribution in [2.45, 2.75) is 33.1 Å².